The summed E-state index contributed by atoms with van der Waals surface area (Å²) < 4.78 is 0. The first-order valence-electron chi connectivity index (χ1n) is 28.8. The number of rotatable bonds is 13. The molecule has 0 aliphatic rings. The summed E-state index contributed by atoms with van der Waals surface area (Å²) in [7, 11) is -1.50. The van der Waals surface area contributed by atoms with Gasteiger partial charge in [0, 0.05) is 0 Å². The van der Waals surface area contributed by atoms with Gasteiger partial charge in [-0.2, -0.15) is 113 Å². The van der Waals surface area contributed by atoms with Gasteiger partial charge in [0.1, 0.15) is 6.15 Å². The van der Waals surface area contributed by atoms with E-state index in [1.807, 2.05) is 36.4 Å². The first-order chi connectivity index (χ1) is 43.6. The number of hydrogen-bond donors (Lipinski definition) is 0. The smallest absolute Gasteiger partial charge is 1.00 e. The minimum Gasteiger partial charge on any atom is -1.00 e. The van der Waals surface area contributed by atoms with Crippen molar-refractivity contribution in [2.75, 3.05) is 10.7 Å². The van der Waals surface area contributed by atoms with Gasteiger partial charge >= 0.3 is 40.9 Å². The molecule has 0 aliphatic carbocycles. The number of benzene rings is 13. The molecule has 0 aliphatic heterocycles. The summed E-state index contributed by atoms with van der Waals surface area (Å²) in [6, 6.07) is 143. The molecular weight excluding hydrogens is 1420 g/mol. The molecule has 454 valence electrons. The van der Waals surface area contributed by atoms with Crippen LogP contribution >= 0.6 is 70.2 Å². The van der Waals surface area contributed by atoms with Crippen molar-refractivity contribution in [2.45, 2.75) is 0 Å². The van der Waals surface area contributed by atoms with Crippen LogP contribution in [0.1, 0.15) is 0 Å². The van der Waals surface area contributed by atoms with Crippen LogP contribution in [0, 0.1) is 18.2 Å². The third kappa shape index (κ3) is 22.6. The molecule has 91 heavy (non-hydrogen) atoms. The fourth-order valence-corrected chi connectivity index (χ4v) is 17.1. The second-order valence-corrected chi connectivity index (χ2v) is 27.6. The number of alkyl halides is 4. The van der Waals surface area contributed by atoms with Crippen LogP contribution in [0.5, 0.6) is 0 Å². The van der Waals surface area contributed by atoms with E-state index < -0.39 is 29.9 Å². The predicted molar refractivity (Wildman–Crippen MR) is 401 cm³/mol. The van der Waals surface area contributed by atoms with Crippen molar-refractivity contribution in [3.63, 3.8) is 0 Å². The standard InChI is InChI=1S/C24H20B.3C18H14P.2CH2Cl2.ClH.Ni.Sb/c1-5-13-21(14-6-1)25(22-15-7-2-8-16-22,23-17-9-3-10-18-23)24-19-11-4-12-20-24;3*1-4-10-16(11-5-1)19(17-12-6-2-7-13-17)18-14-8-3-9-15-18;2*2-1-3;;;/h1-20H;3*1-14H;2*1H2;1H;;/q4*-1;;;;+2;+3/p-1. The van der Waals surface area contributed by atoms with E-state index in [1.165, 1.54) is 69.6 Å². The van der Waals surface area contributed by atoms with Crippen molar-refractivity contribution >= 4 is 170 Å². The van der Waals surface area contributed by atoms with Crippen LogP contribution in [-0.4, -0.2) is 41.3 Å². The molecule has 0 saturated heterocycles. The topological polar surface area (TPSA) is 0 Å². The third-order valence-electron chi connectivity index (χ3n) is 14.1. The van der Waals surface area contributed by atoms with Gasteiger partial charge in [-0.3, -0.25) is 0 Å². The molecule has 0 spiro atoms. The van der Waals surface area contributed by atoms with E-state index in [9.17, 15) is 0 Å². The van der Waals surface area contributed by atoms with Crippen molar-refractivity contribution < 1.29 is 28.9 Å². The molecule has 0 amide bonds. The summed E-state index contributed by atoms with van der Waals surface area (Å²) in [6.45, 7) is 0. The van der Waals surface area contributed by atoms with E-state index in [0.717, 1.165) is 0 Å². The summed E-state index contributed by atoms with van der Waals surface area (Å²) in [6.07, 6.45) is -1.22. The van der Waals surface area contributed by atoms with E-state index in [0.29, 0.717) is 0 Å². The summed E-state index contributed by atoms with van der Waals surface area (Å²) in [4.78, 5) is 0. The zero-order chi connectivity index (χ0) is 61.1. The second-order valence-electron chi connectivity index (χ2n) is 19.5. The first-order valence-corrected chi connectivity index (χ1v) is 35.0. The van der Waals surface area contributed by atoms with E-state index in [4.69, 9.17) is 46.4 Å². The molecule has 0 bridgehead atoms. The maximum Gasteiger partial charge on any atom is 3.00 e. The Bertz CT molecular complexity index is 3150. The quantitative estimate of drug-likeness (QED) is 0.0467. The van der Waals surface area contributed by atoms with Crippen LogP contribution in [0.4, 0.5) is 0 Å². The normalized spacial score (nSPS) is 10.1. The second kappa shape index (κ2) is 43.7. The molecule has 0 aromatic heterocycles. The summed E-state index contributed by atoms with van der Waals surface area (Å²) >= 11 is 19.1. The Morgan fingerprint density at radius 3 is 0.516 bits per heavy atom. The SMILES string of the molecule is ClCCl.ClCCl.[Cl-].[Ni+2].[Sb+3].[c-]1ccccc1P(c1ccccc1)c1ccccc1.[c-]1ccccc1P(c1ccccc1)c1ccccc1.[c-]1ccccc1P(c1ccccc1)c1ccccc1.c1ccc([B-](c2ccccc2)(c2ccccc2)c2ccccc2)cc1. The predicted octanol–water partition coefficient (Wildman–Crippen LogP) is 12.3. The van der Waals surface area contributed by atoms with Gasteiger partial charge in [-0.25, -0.2) is 0 Å². The van der Waals surface area contributed by atoms with Gasteiger partial charge < -0.3 is 12.4 Å². The Balaban J connectivity index is 0.000000213. The van der Waals surface area contributed by atoms with E-state index in [-0.39, 0.29) is 64.0 Å². The Morgan fingerprint density at radius 1 is 0.231 bits per heavy atom. The van der Waals surface area contributed by atoms with Crippen LogP contribution in [0.3, 0.4) is 0 Å². The van der Waals surface area contributed by atoms with Crippen LogP contribution in [0.15, 0.2) is 376 Å². The molecule has 11 heteroatoms. The Labute approximate surface area is 598 Å². The van der Waals surface area contributed by atoms with Crippen molar-refractivity contribution in [3.05, 3.63) is 394 Å². The molecule has 0 heterocycles. The van der Waals surface area contributed by atoms with Crippen molar-refractivity contribution in [2.24, 2.45) is 0 Å². The summed E-state index contributed by atoms with van der Waals surface area (Å²) in [5, 5.41) is 12.4. The molecule has 0 atom stereocenters. The van der Waals surface area contributed by atoms with E-state index in [2.05, 4.69) is 358 Å². The monoisotopic (exact) mass is 1480 g/mol. The summed E-state index contributed by atoms with van der Waals surface area (Å²) in [5.74, 6) is 0. The molecule has 0 saturated carbocycles. The first kappa shape index (κ1) is 75.7. The Morgan fingerprint density at radius 2 is 0.374 bits per heavy atom. The molecule has 13 aromatic rings. The fourth-order valence-electron chi connectivity index (χ4n) is 10.4. The molecule has 0 nitrogen and oxygen atoms in total. The Kier molecular flexibility index (Phi) is 36.4. The van der Waals surface area contributed by atoms with Crippen LogP contribution in [0.2, 0.25) is 0 Å². The van der Waals surface area contributed by atoms with Gasteiger partial charge in [-0.05, 0) is 55.6 Å². The van der Waals surface area contributed by atoms with E-state index >= 15 is 0 Å². The molecule has 13 aromatic carbocycles. The zero-order valence-electron chi connectivity index (χ0n) is 49.8. The minimum atomic E-state index is -1.22. The maximum absolute atomic E-state index is 4.76. The van der Waals surface area contributed by atoms with E-state index in [1.54, 1.807) is 0 Å². The van der Waals surface area contributed by atoms with Crippen molar-refractivity contribution in [1.82, 2.24) is 0 Å². The summed E-state index contributed by atoms with van der Waals surface area (Å²) in [5.41, 5.74) is 5.36. The Hall–Kier alpha value is -6.02. The average Bonchev–Trinajstić information content (AvgIpc) is 0.804. The molecule has 0 unspecified atom stereocenters. The van der Waals surface area contributed by atoms with Gasteiger partial charge in [0.2, 0.25) is 0 Å². The molecule has 2 radical (unpaired) electrons. The van der Waals surface area contributed by atoms with Crippen LogP contribution in [-0.2, 0) is 16.5 Å². The van der Waals surface area contributed by atoms with Gasteiger partial charge in [0.05, 0.1) is 10.7 Å². The molecule has 13 rings (SSSR count). The van der Waals surface area contributed by atoms with Crippen molar-refractivity contribution in [1.29, 1.82) is 0 Å². The minimum absolute atomic E-state index is 0. The number of hydrogen-bond acceptors (Lipinski definition) is 0. The largest absolute Gasteiger partial charge is 3.00 e. The molecular formula is C80H66BCl5NiP3Sb. The fraction of sp³-hybridized carbons (Fsp3) is 0.0250. The van der Waals surface area contributed by atoms with Crippen LogP contribution in [0.25, 0.3) is 0 Å². The van der Waals surface area contributed by atoms with Crippen LogP contribution < -0.4 is 82.0 Å². The average molecular weight is 1490 g/mol. The van der Waals surface area contributed by atoms with Gasteiger partial charge in [0.15, 0.2) is 0 Å². The van der Waals surface area contributed by atoms with Crippen molar-refractivity contribution in [3.8, 4) is 0 Å². The zero-order valence-corrected chi connectivity index (χ0v) is 59.8. The van der Waals surface area contributed by atoms with Gasteiger partial charge in [0.25, 0.3) is 0 Å². The number of halogens is 5. The maximum atomic E-state index is 4.76. The molecule has 0 N–H and O–H groups in total. The van der Waals surface area contributed by atoms with Gasteiger partial charge in [-0.15, -0.1) is 62.3 Å². The van der Waals surface area contributed by atoms with Gasteiger partial charge in [-0.1, -0.05) is 303 Å². The molecule has 0 fully saturated rings. The third-order valence-corrected chi connectivity index (χ3v) is 21.3.